The SMILES string of the molecule is O=C1CC(=O)N(c2cccc(N3CCOCC3)c2)C1. The summed E-state index contributed by atoms with van der Waals surface area (Å²) >= 11 is 0. The Morgan fingerprint density at radius 2 is 1.79 bits per heavy atom. The maximum Gasteiger partial charge on any atom is 0.234 e. The van der Waals surface area contributed by atoms with Crippen LogP contribution in [0.5, 0.6) is 0 Å². The van der Waals surface area contributed by atoms with E-state index in [9.17, 15) is 9.59 Å². The number of anilines is 2. The Bertz CT molecular complexity index is 509. The molecule has 2 aliphatic rings. The highest BCUT2D eigenvalue weighted by Gasteiger charge is 2.28. The number of hydrogen-bond donors (Lipinski definition) is 0. The van der Waals surface area contributed by atoms with Gasteiger partial charge in [-0.05, 0) is 18.2 Å². The first kappa shape index (κ1) is 12.2. The fourth-order valence-electron chi connectivity index (χ4n) is 2.50. The van der Waals surface area contributed by atoms with Crippen molar-refractivity contribution in [2.75, 3.05) is 42.6 Å². The van der Waals surface area contributed by atoms with Crippen LogP contribution in [0, 0.1) is 0 Å². The van der Waals surface area contributed by atoms with E-state index in [0.717, 1.165) is 37.7 Å². The number of hydrogen-bond acceptors (Lipinski definition) is 4. The molecule has 0 radical (unpaired) electrons. The van der Waals surface area contributed by atoms with Crippen LogP contribution in [0.15, 0.2) is 24.3 Å². The molecule has 2 fully saturated rings. The zero-order valence-corrected chi connectivity index (χ0v) is 10.7. The number of ether oxygens (including phenoxy) is 1. The number of nitrogens with zero attached hydrogens (tertiary/aromatic N) is 2. The van der Waals surface area contributed by atoms with Crippen molar-refractivity contribution in [2.45, 2.75) is 6.42 Å². The Morgan fingerprint density at radius 3 is 2.47 bits per heavy atom. The number of ketones is 1. The molecule has 0 aromatic heterocycles. The van der Waals surface area contributed by atoms with Crippen LogP contribution in [0.1, 0.15) is 6.42 Å². The monoisotopic (exact) mass is 260 g/mol. The van der Waals surface area contributed by atoms with Gasteiger partial charge in [0.25, 0.3) is 0 Å². The summed E-state index contributed by atoms with van der Waals surface area (Å²) in [5.41, 5.74) is 1.88. The molecule has 1 aromatic rings. The third kappa shape index (κ3) is 2.46. The Kier molecular flexibility index (Phi) is 3.21. The number of carbonyl (C=O) groups is 2. The lowest BCUT2D eigenvalue weighted by molar-refractivity contribution is -0.121. The first-order chi connectivity index (χ1) is 9.24. The molecule has 0 aliphatic carbocycles. The Morgan fingerprint density at radius 1 is 1.05 bits per heavy atom. The molecule has 100 valence electrons. The molecule has 2 saturated heterocycles. The summed E-state index contributed by atoms with van der Waals surface area (Å²) in [7, 11) is 0. The summed E-state index contributed by atoms with van der Waals surface area (Å²) in [5, 5.41) is 0. The van der Waals surface area contributed by atoms with E-state index in [1.807, 2.05) is 24.3 Å². The molecule has 0 unspecified atom stereocenters. The minimum Gasteiger partial charge on any atom is -0.378 e. The molecular weight excluding hydrogens is 244 g/mol. The lowest BCUT2D eigenvalue weighted by atomic mass is 10.2. The average molecular weight is 260 g/mol. The molecule has 2 aliphatic heterocycles. The third-order valence-electron chi connectivity index (χ3n) is 3.50. The van der Waals surface area contributed by atoms with Gasteiger partial charge in [0, 0.05) is 24.5 Å². The van der Waals surface area contributed by atoms with Crippen molar-refractivity contribution in [2.24, 2.45) is 0 Å². The lowest BCUT2D eigenvalue weighted by Gasteiger charge is -2.29. The smallest absolute Gasteiger partial charge is 0.234 e. The zero-order chi connectivity index (χ0) is 13.2. The summed E-state index contributed by atoms with van der Waals surface area (Å²) < 4.78 is 5.33. The van der Waals surface area contributed by atoms with Crippen LogP contribution >= 0.6 is 0 Å². The van der Waals surface area contributed by atoms with Crippen molar-refractivity contribution in [3.63, 3.8) is 0 Å². The first-order valence-electron chi connectivity index (χ1n) is 6.49. The third-order valence-corrected chi connectivity index (χ3v) is 3.50. The largest absolute Gasteiger partial charge is 0.378 e. The van der Waals surface area contributed by atoms with Crippen LogP contribution in [-0.2, 0) is 14.3 Å². The van der Waals surface area contributed by atoms with Crippen molar-refractivity contribution in [1.29, 1.82) is 0 Å². The predicted octanol–water partition coefficient (Wildman–Crippen LogP) is 0.829. The minimum atomic E-state index is -0.107. The van der Waals surface area contributed by atoms with E-state index < -0.39 is 0 Å². The van der Waals surface area contributed by atoms with Gasteiger partial charge >= 0.3 is 0 Å². The number of amides is 1. The van der Waals surface area contributed by atoms with E-state index in [1.165, 1.54) is 0 Å². The van der Waals surface area contributed by atoms with E-state index in [0.29, 0.717) is 0 Å². The van der Waals surface area contributed by atoms with Gasteiger partial charge in [-0.3, -0.25) is 9.59 Å². The van der Waals surface area contributed by atoms with Gasteiger partial charge in [0.2, 0.25) is 5.91 Å². The fourth-order valence-corrected chi connectivity index (χ4v) is 2.50. The Hall–Kier alpha value is -1.88. The molecule has 0 bridgehead atoms. The van der Waals surface area contributed by atoms with Crippen LogP contribution in [0.2, 0.25) is 0 Å². The van der Waals surface area contributed by atoms with E-state index in [1.54, 1.807) is 4.90 Å². The maximum absolute atomic E-state index is 11.7. The molecule has 2 heterocycles. The van der Waals surface area contributed by atoms with Crippen LogP contribution in [0.4, 0.5) is 11.4 Å². The lowest BCUT2D eigenvalue weighted by Crippen LogP contribution is -2.36. The van der Waals surface area contributed by atoms with Crippen molar-refractivity contribution in [3.05, 3.63) is 24.3 Å². The topological polar surface area (TPSA) is 49.9 Å². The molecular formula is C14H16N2O3. The molecule has 0 spiro atoms. The van der Waals surface area contributed by atoms with Crippen molar-refractivity contribution in [3.8, 4) is 0 Å². The molecule has 5 nitrogen and oxygen atoms in total. The normalized spacial score (nSPS) is 20.2. The highest BCUT2D eigenvalue weighted by Crippen LogP contribution is 2.25. The van der Waals surface area contributed by atoms with E-state index in [2.05, 4.69) is 4.90 Å². The quantitative estimate of drug-likeness (QED) is 0.739. The second-order valence-corrected chi connectivity index (χ2v) is 4.81. The second-order valence-electron chi connectivity index (χ2n) is 4.81. The number of carbonyl (C=O) groups excluding carboxylic acids is 2. The van der Waals surface area contributed by atoms with Crippen molar-refractivity contribution in [1.82, 2.24) is 0 Å². The average Bonchev–Trinajstić information content (AvgIpc) is 2.79. The van der Waals surface area contributed by atoms with E-state index in [4.69, 9.17) is 4.74 Å². The van der Waals surface area contributed by atoms with Gasteiger partial charge in [-0.15, -0.1) is 0 Å². The van der Waals surface area contributed by atoms with E-state index >= 15 is 0 Å². The van der Waals surface area contributed by atoms with Gasteiger partial charge in [-0.2, -0.15) is 0 Å². The summed E-state index contributed by atoms with van der Waals surface area (Å²) in [5.74, 6) is -0.120. The fraction of sp³-hybridized carbons (Fsp3) is 0.429. The molecule has 5 heteroatoms. The first-order valence-corrected chi connectivity index (χ1v) is 6.49. The number of Topliss-reactive ketones (excluding diaryl/α,β-unsaturated/α-hetero) is 1. The van der Waals surface area contributed by atoms with Gasteiger partial charge in [-0.25, -0.2) is 0 Å². The van der Waals surface area contributed by atoms with Gasteiger partial charge in [0.15, 0.2) is 5.78 Å². The standard InChI is InChI=1S/C14H16N2O3/c17-13-9-14(18)16(10-13)12-3-1-2-11(8-12)15-4-6-19-7-5-15/h1-3,8H,4-7,9-10H2. The number of morpholine rings is 1. The van der Waals surface area contributed by atoms with Gasteiger partial charge < -0.3 is 14.5 Å². The van der Waals surface area contributed by atoms with Gasteiger partial charge in [0.05, 0.1) is 26.2 Å². The zero-order valence-electron chi connectivity index (χ0n) is 10.7. The Labute approximate surface area is 111 Å². The summed E-state index contributed by atoms with van der Waals surface area (Å²) in [6.07, 6.45) is 0.0295. The van der Waals surface area contributed by atoms with Crippen LogP contribution in [-0.4, -0.2) is 44.5 Å². The predicted molar refractivity (Wildman–Crippen MR) is 71.5 cm³/mol. The highest BCUT2D eigenvalue weighted by molar-refractivity contribution is 6.15. The summed E-state index contributed by atoms with van der Waals surface area (Å²) in [6, 6.07) is 7.80. The highest BCUT2D eigenvalue weighted by atomic mass is 16.5. The van der Waals surface area contributed by atoms with Crippen molar-refractivity contribution >= 4 is 23.1 Å². The molecule has 0 saturated carbocycles. The number of benzene rings is 1. The molecule has 0 atom stereocenters. The van der Waals surface area contributed by atoms with E-state index in [-0.39, 0.29) is 24.7 Å². The molecule has 1 amide bonds. The molecule has 19 heavy (non-hydrogen) atoms. The Balaban J connectivity index is 1.83. The molecule has 1 aromatic carbocycles. The van der Waals surface area contributed by atoms with Crippen LogP contribution < -0.4 is 9.80 Å². The van der Waals surface area contributed by atoms with Gasteiger partial charge in [-0.1, -0.05) is 6.07 Å². The second kappa shape index (κ2) is 5.01. The number of rotatable bonds is 2. The van der Waals surface area contributed by atoms with Crippen LogP contribution in [0.3, 0.4) is 0 Å². The van der Waals surface area contributed by atoms with Gasteiger partial charge in [0.1, 0.15) is 0 Å². The minimum absolute atomic E-state index is 0.0122. The molecule has 0 N–H and O–H groups in total. The van der Waals surface area contributed by atoms with Crippen LogP contribution in [0.25, 0.3) is 0 Å². The molecule has 3 rings (SSSR count). The summed E-state index contributed by atoms with van der Waals surface area (Å²) in [4.78, 5) is 26.9. The maximum atomic E-state index is 11.7. The van der Waals surface area contributed by atoms with Crippen molar-refractivity contribution < 1.29 is 14.3 Å². The summed E-state index contributed by atoms with van der Waals surface area (Å²) in [6.45, 7) is 3.37.